The normalized spacial score (nSPS) is 10.1. The summed E-state index contributed by atoms with van der Waals surface area (Å²) in [5.41, 5.74) is 1.46. The van der Waals surface area contributed by atoms with Gasteiger partial charge in [-0.15, -0.1) is 0 Å². The Morgan fingerprint density at radius 2 is 2.27 bits per heavy atom. The Bertz CT molecular complexity index is 593. The molecule has 1 aromatic carbocycles. The fourth-order valence-corrected chi connectivity index (χ4v) is 1.93. The largest absolute Gasteiger partial charge is 0.428 e. The average molecular weight is 263 g/mol. The number of rotatable bonds is 1. The zero-order valence-electron chi connectivity index (χ0n) is 7.74. The maximum atomic E-state index is 9.77. The van der Waals surface area contributed by atoms with E-state index in [0.717, 1.165) is 9.20 Å². The molecule has 15 heavy (non-hydrogen) atoms. The van der Waals surface area contributed by atoms with Crippen molar-refractivity contribution >= 4 is 32.9 Å². The Kier molecular flexibility index (Phi) is 2.25. The van der Waals surface area contributed by atoms with Gasteiger partial charge in [-0.3, -0.25) is 0 Å². The second kappa shape index (κ2) is 3.44. The van der Waals surface area contributed by atoms with Gasteiger partial charge in [-0.1, -0.05) is 22.5 Å². The molecule has 0 radical (unpaired) electrons. The number of hydrogen-bond donors (Lipinski definition) is 1. The maximum Gasteiger partial charge on any atom is 0.102 e. The van der Waals surface area contributed by atoms with Gasteiger partial charge in [0.25, 0.3) is 0 Å². The highest BCUT2D eigenvalue weighted by Gasteiger charge is 2.14. The molecule has 0 unspecified atom stereocenters. The van der Waals surface area contributed by atoms with Gasteiger partial charge >= 0.3 is 0 Å². The summed E-state index contributed by atoms with van der Waals surface area (Å²) in [7, 11) is 0. The second-order valence-electron chi connectivity index (χ2n) is 3.05. The van der Waals surface area contributed by atoms with Crippen LogP contribution in [0.25, 0.3) is 17.0 Å². The molecule has 1 aromatic heterocycles. The van der Waals surface area contributed by atoms with E-state index in [4.69, 9.17) is 5.26 Å². The first-order valence-electron chi connectivity index (χ1n) is 4.24. The van der Waals surface area contributed by atoms with E-state index in [-0.39, 0.29) is 0 Å². The van der Waals surface area contributed by atoms with Gasteiger partial charge in [0.2, 0.25) is 0 Å². The standard InChI is InChI=1S/C11H7BrN2O/c1-2-10-9(6-13)8-5-7(12)3-4-11(8)14(10)15/h2-5,15H,1H2. The molecule has 4 heteroatoms. The molecule has 1 heterocycles. The van der Waals surface area contributed by atoms with Crippen molar-refractivity contribution < 1.29 is 5.21 Å². The van der Waals surface area contributed by atoms with Gasteiger partial charge in [-0.05, 0) is 24.3 Å². The molecule has 0 amide bonds. The van der Waals surface area contributed by atoms with Crippen LogP contribution in [-0.4, -0.2) is 9.94 Å². The van der Waals surface area contributed by atoms with Crippen LogP contribution in [0.3, 0.4) is 0 Å². The van der Waals surface area contributed by atoms with Gasteiger partial charge in [0.05, 0.1) is 16.8 Å². The molecule has 0 aliphatic heterocycles. The average Bonchev–Trinajstić information content (AvgIpc) is 2.50. The Labute approximate surface area is 94.9 Å². The fraction of sp³-hybridized carbons (Fsp3) is 0. The molecule has 0 bridgehead atoms. The highest BCUT2D eigenvalue weighted by atomic mass is 79.9. The summed E-state index contributed by atoms with van der Waals surface area (Å²) < 4.78 is 1.85. The summed E-state index contributed by atoms with van der Waals surface area (Å²) in [4.78, 5) is 0. The number of nitriles is 1. The third-order valence-electron chi connectivity index (χ3n) is 2.25. The van der Waals surface area contributed by atoms with Crippen molar-refractivity contribution in [2.45, 2.75) is 0 Å². The van der Waals surface area contributed by atoms with Crippen LogP contribution >= 0.6 is 15.9 Å². The Morgan fingerprint density at radius 1 is 1.53 bits per heavy atom. The second-order valence-corrected chi connectivity index (χ2v) is 3.97. The monoisotopic (exact) mass is 262 g/mol. The van der Waals surface area contributed by atoms with Crippen molar-refractivity contribution in [1.29, 1.82) is 5.26 Å². The zero-order chi connectivity index (χ0) is 11.0. The topological polar surface area (TPSA) is 49.0 Å². The summed E-state index contributed by atoms with van der Waals surface area (Å²) in [5.74, 6) is 0. The molecule has 0 saturated carbocycles. The van der Waals surface area contributed by atoms with Crippen LogP contribution < -0.4 is 0 Å². The number of hydrogen-bond acceptors (Lipinski definition) is 2. The molecule has 3 nitrogen and oxygen atoms in total. The summed E-state index contributed by atoms with van der Waals surface area (Å²) in [6.45, 7) is 3.57. The smallest absolute Gasteiger partial charge is 0.102 e. The van der Waals surface area contributed by atoms with E-state index in [9.17, 15) is 5.21 Å². The Morgan fingerprint density at radius 3 is 2.87 bits per heavy atom. The van der Waals surface area contributed by atoms with Crippen molar-refractivity contribution in [1.82, 2.24) is 4.73 Å². The van der Waals surface area contributed by atoms with E-state index < -0.39 is 0 Å². The molecule has 0 atom stereocenters. The van der Waals surface area contributed by atoms with Crippen LogP contribution in [0.5, 0.6) is 0 Å². The molecule has 0 aliphatic carbocycles. The zero-order valence-corrected chi connectivity index (χ0v) is 9.32. The molecule has 0 saturated heterocycles. The highest BCUT2D eigenvalue weighted by Crippen LogP contribution is 2.27. The van der Waals surface area contributed by atoms with Crippen LogP contribution in [0.15, 0.2) is 29.3 Å². The number of benzene rings is 1. The molecule has 1 N–H and O–H groups in total. The quantitative estimate of drug-likeness (QED) is 0.803. The van der Waals surface area contributed by atoms with Crippen LogP contribution in [0.4, 0.5) is 0 Å². The first-order chi connectivity index (χ1) is 7.19. The van der Waals surface area contributed by atoms with Crippen molar-refractivity contribution in [3.8, 4) is 6.07 Å². The molecular formula is C11H7BrN2O. The van der Waals surface area contributed by atoms with E-state index in [2.05, 4.69) is 28.6 Å². The van der Waals surface area contributed by atoms with Gasteiger partial charge < -0.3 is 5.21 Å². The van der Waals surface area contributed by atoms with Crippen LogP contribution in [-0.2, 0) is 0 Å². The summed E-state index contributed by atoms with van der Waals surface area (Å²) in [6.07, 6.45) is 1.46. The Balaban J connectivity index is 2.99. The lowest BCUT2D eigenvalue weighted by atomic mass is 10.1. The van der Waals surface area contributed by atoms with Crippen molar-refractivity contribution in [3.05, 3.63) is 40.5 Å². The van der Waals surface area contributed by atoms with Crippen LogP contribution in [0.1, 0.15) is 11.3 Å². The van der Waals surface area contributed by atoms with E-state index >= 15 is 0 Å². The highest BCUT2D eigenvalue weighted by molar-refractivity contribution is 9.10. The summed E-state index contributed by atoms with van der Waals surface area (Å²) in [6, 6.07) is 7.42. The predicted molar refractivity (Wildman–Crippen MR) is 61.6 cm³/mol. The van der Waals surface area contributed by atoms with E-state index in [0.29, 0.717) is 22.2 Å². The maximum absolute atomic E-state index is 9.77. The molecule has 0 fully saturated rings. The third-order valence-corrected chi connectivity index (χ3v) is 2.74. The van der Waals surface area contributed by atoms with Crippen LogP contribution in [0, 0.1) is 11.3 Å². The lowest BCUT2D eigenvalue weighted by Crippen LogP contribution is -1.92. The molecule has 2 rings (SSSR count). The van der Waals surface area contributed by atoms with Crippen molar-refractivity contribution in [3.63, 3.8) is 0 Å². The van der Waals surface area contributed by atoms with Gasteiger partial charge in [-0.25, -0.2) is 0 Å². The van der Waals surface area contributed by atoms with Crippen LogP contribution in [0.2, 0.25) is 0 Å². The third kappa shape index (κ3) is 1.32. The number of halogens is 1. The lowest BCUT2D eigenvalue weighted by Gasteiger charge is -1.96. The molecule has 2 aromatic rings. The van der Waals surface area contributed by atoms with Crippen molar-refractivity contribution in [2.75, 3.05) is 0 Å². The number of nitrogens with zero attached hydrogens (tertiary/aromatic N) is 2. The minimum atomic E-state index is 0.422. The van der Waals surface area contributed by atoms with Gasteiger partial charge in [0, 0.05) is 9.86 Å². The molecular weight excluding hydrogens is 256 g/mol. The van der Waals surface area contributed by atoms with E-state index in [1.54, 1.807) is 12.1 Å². The van der Waals surface area contributed by atoms with E-state index in [1.807, 2.05) is 6.07 Å². The van der Waals surface area contributed by atoms with Gasteiger partial charge in [0.1, 0.15) is 6.07 Å². The van der Waals surface area contributed by atoms with E-state index in [1.165, 1.54) is 6.08 Å². The molecule has 74 valence electrons. The first-order valence-corrected chi connectivity index (χ1v) is 5.04. The predicted octanol–water partition coefficient (Wildman–Crippen LogP) is 3.16. The number of fused-ring (bicyclic) bond motifs is 1. The summed E-state index contributed by atoms with van der Waals surface area (Å²) >= 11 is 3.33. The minimum Gasteiger partial charge on any atom is -0.428 e. The minimum absolute atomic E-state index is 0.422. The molecule has 0 spiro atoms. The van der Waals surface area contributed by atoms with Crippen molar-refractivity contribution in [2.24, 2.45) is 0 Å². The van der Waals surface area contributed by atoms with Gasteiger partial charge in [0.15, 0.2) is 0 Å². The Hall–Kier alpha value is -1.73. The SMILES string of the molecule is C=Cc1c(C#N)c2cc(Br)ccc2n1O. The fourth-order valence-electron chi connectivity index (χ4n) is 1.57. The lowest BCUT2D eigenvalue weighted by molar-refractivity contribution is 0.198. The first kappa shape index (κ1) is 9.81. The number of aromatic nitrogens is 1. The van der Waals surface area contributed by atoms with Gasteiger partial charge in [-0.2, -0.15) is 9.99 Å². The molecule has 0 aliphatic rings. The summed E-state index contributed by atoms with van der Waals surface area (Å²) in [5, 5.41) is 19.5.